The van der Waals surface area contributed by atoms with Gasteiger partial charge in [0.1, 0.15) is 5.82 Å². The Morgan fingerprint density at radius 1 is 1.08 bits per heavy atom. The molecule has 25 heavy (non-hydrogen) atoms. The fraction of sp³-hybridized carbons (Fsp3) is 0.105. The lowest BCUT2D eigenvalue weighted by molar-refractivity contribution is 0.101. The fourth-order valence-electron chi connectivity index (χ4n) is 2.40. The van der Waals surface area contributed by atoms with E-state index >= 15 is 0 Å². The van der Waals surface area contributed by atoms with E-state index in [1.165, 1.54) is 16.8 Å². The Hall–Kier alpha value is -3.28. The first-order valence-electron chi connectivity index (χ1n) is 7.69. The molecule has 0 spiro atoms. The normalized spacial score (nSPS) is 10.5. The Balaban J connectivity index is 1.97. The number of para-hydroxylation sites is 1. The van der Waals surface area contributed by atoms with Crippen LogP contribution in [0.1, 0.15) is 21.7 Å². The van der Waals surface area contributed by atoms with Crippen molar-refractivity contribution >= 4 is 11.6 Å². The third kappa shape index (κ3) is 3.47. The summed E-state index contributed by atoms with van der Waals surface area (Å²) >= 11 is 0. The molecular weight excluding hydrogens is 321 g/mol. The number of aromatic nitrogens is 2. The van der Waals surface area contributed by atoms with Crippen LogP contribution in [0, 0.1) is 19.7 Å². The number of aryl methyl sites for hydroxylation is 2. The maximum absolute atomic E-state index is 13.6. The standard InChI is InChI=1S/C19H16FN3O2/c1-12-8-9-14(11-16(12)20)21-19(25)18-17(24)10-13(2)23(22-18)15-6-4-3-5-7-15/h3-11H,1-2H3,(H,21,25). The lowest BCUT2D eigenvalue weighted by atomic mass is 10.2. The average Bonchev–Trinajstić information content (AvgIpc) is 2.59. The summed E-state index contributed by atoms with van der Waals surface area (Å²) in [5.41, 5.74) is 1.33. The number of hydrogen-bond acceptors (Lipinski definition) is 3. The van der Waals surface area contributed by atoms with Gasteiger partial charge in [0.25, 0.3) is 5.91 Å². The summed E-state index contributed by atoms with van der Waals surface area (Å²) < 4.78 is 15.1. The molecule has 0 atom stereocenters. The van der Waals surface area contributed by atoms with Crippen LogP contribution in [0.15, 0.2) is 59.4 Å². The van der Waals surface area contributed by atoms with E-state index in [1.54, 1.807) is 26.0 Å². The minimum Gasteiger partial charge on any atom is -0.320 e. The number of carbonyl (C=O) groups excluding carboxylic acids is 1. The summed E-state index contributed by atoms with van der Waals surface area (Å²) in [5, 5.41) is 6.69. The molecule has 0 aliphatic rings. The van der Waals surface area contributed by atoms with E-state index in [0.717, 1.165) is 5.69 Å². The lowest BCUT2D eigenvalue weighted by Gasteiger charge is -2.11. The van der Waals surface area contributed by atoms with Crippen molar-refractivity contribution in [1.29, 1.82) is 0 Å². The minimum absolute atomic E-state index is 0.254. The van der Waals surface area contributed by atoms with E-state index < -0.39 is 17.2 Å². The molecule has 1 heterocycles. The molecule has 0 aliphatic carbocycles. The third-order valence-electron chi connectivity index (χ3n) is 3.75. The highest BCUT2D eigenvalue weighted by Crippen LogP contribution is 2.14. The summed E-state index contributed by atoms with van der Waals surface area (Å²) in [6, 6.07) is 14.9. The molecule has 0 radical (unpaired) electrons. The molecule has 2 aromatic carbocycles. The van der Waals surface area contributed by atoms with Crippen LogP contribution < -0.4 is 10.7 Å². The van der Waals surface area contributed by atoms with Gasteiger partial charge < -0.3 is 5.32 Å². The predicted octanol–water partition coefficient (Wildman–Crippen LogP) is 3.24. The Bertz CT molecular complexity index is 997. The number of amides is 1. The van der Waals surface area contributed by atoms with Crippen LogP contribution in [0.4, 0.5) is 10.1 Å². The number of carbonyl (C=O) groups is 1. The SMILES string of the molecule is Cc1ccc(NC(=O)c2nn(-c3ccccc3)c(C)cc2=O)cc1F. The Morgan fingerprint density at radius 2 is 1.80 bits per heavy atom. The van der Waals surface area contributed by atoms with Crippen molar-refractivity contribution in [3.8, 4) is 5.69 Å². The maximum Gasteiger partial charge on any atom is 0.280 e. The molecule has 1 N–H and O–H groups in total. The summed E-state index contributed by atoms with van der Waals surface area (Å²) in [6.07, 6.45) is 0. The van der Waals surface area contributed by atoms with Gasteiger partial charge in [-0.25, -0.2) is 9.07 Å². The van der Waals surface area contributed by atoms with Crippen molar-refractivity contribution in [2.24, 2.45) is 0 Å². The van der Waals surface area contributed by atoms with Crippen LogP contribution in [0.5, 0.6) is 0 Å². The van der Waals surface area contributed by atoms with E-state index in [2.05, 4.69) is 10.4 Å². The van der Waals surface area contributed by atoms with Crippen molar-refractivity contribution in [2.75, 3.05) is 5.32 Å². The molecule has 0 fully saturated rings. The van der Waals surface area contributed by atoms with E-state index in [-0.39, 0.29) is 11.4 Å². The molecule has 6 heteroatoms. The smallest absolute Gasteiger partial charge is 0.280 e. The zero-order chi connectivity index (χ0) is 18.0. The second-order valence-corrected chi connectivity index (χ2v) is 5.66. The number of hydrogen-bond donors (Lipinski definition) is 1. The summed E-state index contributed by atoms with van der Waals surface area (Å²) in [7, 11) is 0. The monoisotopic (exact) mass is 337 g/mol. The van der Waals surface area contributed by atoms with Crippen LogP contribution in [-0.4, -0.2) is 15.7 Å². The highest BCUT2D eigenvalue weighted by atomic mass is 19.1. The molecule has 5 nitrogen and oxygen atoms in total. The maximum atomic E-state index is 13.6. The highest BCUT2D eigenvalue weighted by Gasteiger charge is 2.16. The van der Waals surface area contributed by atoms with Gasteiger partial charge in [0.05, 0.1) is 5.69 Å². The number of rotatable bonds is 3. The first kappa shape index (κ1) is 16.6. The Morgan fingerprint density at radius 3 is 2.48 bits per heavy atom. The van der Waals surface area contributed by atoms with Crippen LogP contribution in [0.2, 0.25) is 0 Å². The first-order chi connectivity index (χ1) is 12.0. The molecule has 0 aliphatic heterocycles. The molecule has 0 bridgehead atoms. The van der Waals surface area contributed by atoms with Crippen molar-refractivity contribution < 1.29 is 9.18 Å². The van der Waals surface area contributed by atoms with E-state index in [9.17, 15) is 14.0 Å². The van der Waals surface area contributed by atoms with Crippen molar-refractivity contribution in [2.45, 2.75) is 13.8 Å². The minimum atomic E-state index is -0.682. The molecule has 0 saturated heterocycles. The average molecular weight is 337 g/mol. The third-order valence-corrected chi connectivity index (χ3v) is 3.75. The van der Waals surface area contributed by atoms with E-state index in [1.807, 2.05) is 30.3 Å². The van der Waals surface area contributed by atoms with Crippen molar-refractivity contribution in [1.82, 2.24) is 9.78 Å². The molecular formula is C19H16FN3O2. The van der Waals surface area contributed by atoms with Gasteiger partial charge in [0.15, 0.2) is 5.69 Å². The van der Waals surface area contributed by atoms with Gasteiger partial charge >= 0.3 is 0 Å². The topological polar surface area (TPSA) is 64.0 Å². The van der Waals surface area contributed by atoms with Crippen molar-refractivity contribution in [3.05, 3.63) is 87.6 Å². The van der Waals surface area contributed by atoms with Gasteiger partial charge in [-0.1, -0.05) is 24.3 Å². The Labute approximate surface area is 143 Å². The number of anilines is 1. The molecule has 0 unspecified atom stereocenters. The van der Waals surface area contributed by atoms with Gasteiger partial charge in [-0.3, -0.25) is 9.59 Å². The second kappa shape index (κ2) is 6.68. The predicted molar refractivity (Wildman–Crippen MR) is 93.7 cm³/mol. The van der Waals surface area contributed by atoms with Gasteiger partial charge in [0, 0.05) is 17.4 Å². The number of nitrogens with one attached hydrogen (secondary N) is 1. The summed E-state index contributed by atoms with van der Waals surface area (Å²) in [4.78, 5) is 24.6. The van der Waals surface area contributed by atoms with E-state index in [0.29, 0.717) is 11.3 Å². The molecule has 3 rings (SSSR count). The van der Waals surface area contributed by atoms with Gasteiger partial charge in [-0.15, -0.1) is 0 Å². The molecule has 126 valence electrons. The summed E-state index contributed by atoms with van der Waals surface area (Å²) in [5.74, 6) is -1.12. The largest absolute Gasteiger partial charge is 0.320 e. The molecule has 0 saturated carbocycles. The molecule has 1 aromatic heterocycles. The summed E-state index contributed by atoms with van der Waals surface area (Å²) in [6.45, 7) is 3.36. The number of nitrogens with zero attached hydrogens (tertiary/aromatic N) is 2. The van der Waals surface area contributed by atoms with Crippen LogP contribution >= 0.6 is 0 Å². The first-order valence-corrected chi connectivity index (χ1v) is 7.69. The number of benzene rings is 2. The van der Waals surface area contributed by atoms with Crippen molar-refractivity contribution in [3.63, 3.8) is 0 Å². The van der Waals surface area contributed by atoms with Gasteiger partial charge in [0.2, 0.25) is 5.43 Å². The van der Waals surface area contributed by atoms with Gasteiger partial charge in [-0.05, 0) is 43.7 Å². The van der Waals surface area contributed by atoms with Crippen LogP contribution in [0.25, 0.3) is 5.69 Å². The van der Waals surface area contributed by atoms with Crippen LogP contribution in [0.3, 0.4) is 0 Å². The zero-order valence-corrected chi connectivity index (χ0v) is 13.8. The second-order valence-electron chi connectivity index (χ2n) is 5.66. The van der Waals surface area contributed by atoms with E-state index in [4.69, 9.17) is 0 Å². The van der Waals surface area contributed by atoms with Crippen LogP contribution in [-0.2, 0) is 0 Å². The van der Waals surface area contributed by atoms with Gasteiger partial charge in [-0.2, -0.15) is 5.10 Å². The molecule has 3 aromatic rings. The zero-order valence-electron chi connectivity index (χ0n) is 13.8. The molecule has 1 amide bonds. The quantitative estimate of drug-likeness (QED) is 0.798. The highest BCUT2D eigenvalue weighted by molar-refractivity contribution is 6.02. The fourth-order valence-corrected chi connectivity index (χ4v) is 2.40. The number of halogens is 1. The lowest BCUT2D eigenvalue weighted by Crippen LogP contribution is -2.26. The Kier molecular flexibility index (Phi) is 4.43.